The molecule has 4 atom stereocenters. The number of ether oxygens (including phenoxy) is 1. The second kappa shape index (κ2) is 10.1. The molecule has 30 heavy (non-hydrogen) atoms. The van der Waals surface area contributed by atoms with Gasteiger partial charge in [-0.3, -0.25) is 9.59 Å². The molecule has 1 aliphatic carbocycles. The van der Waals surface area contributed by atoms with E-state index in [1.807, 2.05) is 24.3 Å². The number of nitrogens with one attached hydrogen (secondary N) is 1. The van der Waals surface area contributed by atoms with Gasteiger partial charge in [0.25, 0.3) is 0 Å². The summed E-state index contributed by atoms with van der Waals surface area (Å²) in [5.41, 5.74) is 1.32. The lowest BCUT2D eigenvalue weighted by Gasteiger charge is -2.40. The van der Waals surface area contributed by atoms with Gasteiger partial charge in [0.15, 0.2) is 0 Å². The second-order valence-electron chi connectivity index (χ2n) is 7.95. The van der Waals surface area contributed by atoms with Crippen molar-refractivity contribution in [3.05, 3.63) is 41.5 Å². The van der Waals surface area contributed by atoms with E-state index in [1.165, 1.54) is 6.92 Å². The highest BCUT2D eigenvalue weighted by molar-refractivity contribution is 5.96. The molecule has 0 unspecified atom stereocenters. The molecule has 7 heteroatoms. The van der Waals surface area contributed by atoms with Gasteiger partial charge >= 0.3 is 0 Å². The zero-order valence-corrected chi connectivity index (χ0v) is 17.7. The van der Waals surface area contributed by atoms with Gasteiger partial charge in [-0.25, -0.2) is 0 Å². The van der Waals surface area contributed by atoms with Gasteiger partial charge in [-0.2, -0.15) is 0 Å². The van der Waals surface area contributed by atoms with Gasteiger partial charge in [0.2, 0.25) is 11.8 Å². The average Bonchev–Trinajstić information content (AvgIpc) is 3.13. The molecule has 164 valence electrons. The van der Waals surface area contributed by atoms with Crippen molar-refractivity contribution in [3.63, 3.8) is 0 Å². The summed E-state index contributed by atoms with van der Waals surface area (Å²) in [6.45, 7) is 4.11. The Morgan fingerprint density at radius 2 is 1.97 bits per heavy atom. The number of amides is 2. The fourth-order valence-corrected chi connectivity index (χ4v) is 4.42. The minimum Gasteiger partial charge on any atom is -0.486 e. The number of carbonyl (C=O) groups is 2. The zero-order chi connectivity index (χ0) is 21.7. The smallest absolute Gasteiger partial charge is 0.247 e. The molecule has 3 rings (SSSR count). The van der Waals surface area contributed by atoms with Crippen molar-refractivity contribution in [2.45, 2.75) is 63.7 Å². The highest BCUT2D eigenvalue weighted by Crippen LogP contribution is 2.47. The highest BCUT2D eigenvalue weighted by atomic mass is 16.5. The number of hydrogen-bond donors (Lipinski definition) is 3. The Kier molecular flexibility index (Phi) is 7.50. The van der Waals surface area contributed by atoms with Gasteiger partial charge in [-0.05, 0) is 18.6 Å². The van der Waals surface area contributed by atoms with Crippen LogP contribution in [0.2, 0.25) is 0 Å². The number of aliphatic hydroxyl groups excluding tert-OH is 2. The van der Waals surface area contributed by atoms with Crippen LogP contribution in [-0.2, 0) is 9.59 Å². The molecule has 1 aliphatic heterocycles. The first-order valence-electron chi connectivity index (χ1n) is 10.8. The van der Waals surface area contributed by atoms with Gasteiger partial charge in [-0.15, -0.1) is 0 Å². The van der Waals surface area contributed by atoms with Crippen molar-refractivity contribution in [2.75, 3.05) is 19.7 Å². The summed E-state index contributed by atoms with van der Waals surface area (Å²) in [7, 11) is 0. The third-order valence-corrected chi connectivity index (χ3v) is 5.89. The van der Waals surface area contributed by atoms with E-state index in [0.717, 1.165) is 31.2 Å². The molecule has 1 aromatic carbocycles. The number of hydrogen-bond acceptors (Lipinski definition) is 5. The fraction of sp³-hybridized carbons (Fsp3) is 0.565. The van der Waals surface area contributed by atoms with Crippen molar-refractivity contribution >= 4 is 11.8 Å². The summed E-state index contributed by atoms with van der Waals surface area (Å²) in [4.78, 5) is 27.0. The fourth-order valence-electron chi connectivity index (χ4n) is 4.42. The maximum absolute atomic E-state index is 12.9. The lowest BCUT2D eigenvalue weighted by molar-refractivity contribution is -0.135. The Morgan fingerprint density at radius 3 is 2.67 bits per heavy atom. The number of benzene rings is 1. The molecular formula is C23H32N2O5. The number of unbranched alkanes of at least 4 members (excludes halogenated alkanes) is 3. The predicted octanol–water partition coefficient (Wildman–Crippen LogP) is 1.74. The average molecular weight is 417 g/mol. The Morgan fingerprint density at radius 1 is 1.20 bits per heavy atom. The molecule has 2 aliphatic rings. The number of carbonyl (C=O) groups excluding carboxylic acids is 2. The van der Waals surface area contributed by atoms with Crippen molar-refractivity contribution in [1.82, 2.24) is 10.2 Å². The van der Waals surface area contributed by atoms with E-state index in [1.54, 1.807) is 11.0 Å². The Bertz CT molecular complexity index is 794. The molecule has 2 amide bonds. The third kappa shape index (κ3) is 4.52. The molecule has 0 radical (unpaired) electrons. The van der Waals surface area contributed by atoms with Gasteiger partial charge in [0.05, 0.1) is 18.6 Å². The van der Waals surface area contributed by atoms with E-state index in [-0.39, 0.29) is 25.0 Å². The molecule has 1 heterocycles. The van der Waals surface area contributed by atoms with Crippen LogP contribution < -0.4 is 10.1 Å². The van der Waals surface area contributed by atoms with Crippen molar-refractivity contribution in [1.29, 1.82) is 0 Å². The maximum atomic E-state index is 12.9. The minimum absolute atomic E-state index is 0.136. The molecule has 1 aromatic rings. The summed E-state index contributed by atoms with van der Waals surface area (Å²) in [5.74, 6) is -0.230. The topological polar surface area (TPSA) is 99.1 Å². The SMILES string of the molecule is CCCCCCN(C(C)=O)[C@@H]1C=C(C(=O)NCCO)[C@@H]2c3ccccc3O[C@@H]2[C@H]1O. The van der Waals surface area contributed by atoms with Crippen molar-refractivity contribution in [2.24, 2.45) is 0 Å². The Hall–Kier alpha value is -2.38. The molecule has 0 aromatic heterocycles. The van der Waals surface area contributed by atoms with E-state index < -0.39 is 24.2 Å². The van der Waals surface area contributed by atoms with Gasteiger partial charge in [-0.1, -0.05) is 44.4 Å². The molecule has 3 N–H and O–H groups in total. The molecule has 0 bridgehead atoms. The summed E-state index contributed by atoms with van der Waals surface area (Å²) in [5, 5.41) is 23.0. The normalized spacial score (nSPS) is 24.3. The van der Waals surface area contributed by atoms with Crippen LogP contribution in [0.5, 0.6) is 5.75 Å². The van der Waals surface area contributed by atoms with E-state index in [2.05, 4.69) is 12.2 Å². The van der Waals surface area contributed by atoms with E-state index >= 15 is 0 Å². The second-order valence-corrected chi connectivity index (χ2v) is 7.95. The third-order valence-electron chi connectivity index (χ3n) is 5.89. The van der Waals surface area contributed by atoms with E-state index in [4.69, 9.17) is 9.84 Å². The largest absolute Gasteiger partial charge is 0.486 e. The van der Waals surface area contributed by atoms with Crippen LogP contribution in [0.3, 0.4) is 0 Å². The molecule has 0 spiro atoms. The van der Waals surface area contributed by atoms with Crippen molar-refractivity contribution in [3.8, 4) is 5.75 Å². The number of fused-ring (bicyclic) bond motifs is 3. The first-order valence-corrected chi connectivity index (χ1v) is 10.8. The first kappa shape index (κ1) is 22.3. The van der Waals surface area contributed by atoms with Crippen LogP contribution in [0.1, 0.15) is 51.0 Å². The minimum atomic E-state index is -0.952. The van der Waals surface area contributed by atoms with E-state index in [9.17, 15) is 14.7 Å². The van der Waals surface area contributed by atoms with Crippen LogP contribution in [0, 0.1) is 0 Å². The molecular weight excluding hydrogens is 384 g/mol. The van der Waals surface area contributed by atoms with Crippen molar-refractivity contribution < 1.29 is 24.5 Å². The quantitative estimate of drug-likeness (QED) is 0.533. The predicted molar refractivity (Wildman–Crippen MR) is 113 cm³/mol. The number of nitrogens with zero attached hydrogens (tertiary/aromatic N) is 1. The lowest BCUT2D eigenvalue weighted by atomic mass is 9.77. The van der Waals surface area contributed by atoms with Crippen LogP contribution in [-0.4, -0.2) is 64.9 Å². The summed E-state index contributed by atoms with van der Waals surface area (Å²) in [6.07, 6.45) is 4.14. The highest BCUT2D eigenvalue weighted by Gasteiger charge is 2.50. The number of rotatable bonds is 9. The number of para-hydroxylation sites is 1. The van der Waals surface area contributed by atoms with Gasteiger partial charge < -0.3 is 25.2 Å². The zero-order valence-electron chi connectivity index (χ0n) is 17.7. The van der Waals surface area contributed by atoms with Gasteiger partial charge in [0.1, 0.15) is 18.0 Å². The van der Waals surface area contributed by atoms with Crippen LogP contribution in [0.4, 0.5) is 0 Å². The summed E-state index contributed by atoms with van der Waals surface area (Å²) < 4.78 is 6.05. The van der Waals surface area contributed by atoms with Gasteiger partial charge in [0, 0.05) is 31.1 Å². The molecule has 0 saturated heterocycles. The lowest BCUT2D eigenvalue weighted by Crippen LogP contribution is -2.55. The van der Waals surface area contributed by atoms with Crippen LogP contribution in [0.25, 0.3) is 0 Å². The maximum Gasteiger partial charge on any atom is 0.247 e. The van der Waals surface area contributed by atoms with E-state index in [0.29, 0.717) is 17.9 Å². The summed E-state index contributed by atoms with van der Waals surface area (Å²) >= 11 is 0. The Balaban J connectivity index is 1.93. The molecule has 0 fully saturated rings. The Labute approximate surface area is 177 Å². The standard InChI is InChI=1S/C23H32N2O5/c1-3-4-5-8-12-25(15(2)27)18-14-17(23(29)24-11-13-26)20-16-9-6-7-10-19(16)30-22(20)21(18)28/h6-7,9-10,14,18,20-22,26,28H,3-5,8,11-13H2,1-2H3,(H,24,29)/t18-,20+,21+,22+/m1/s1. The van der Waals surface area contributed by atoms with Crippen LogP contribution >= 0.6 is 0 Å². The molecule has 0 saturated carbocycles. The first-order chi connectivity index (χ1) is 14.5. The molecule has 7 nitrogen and oxygen atoms in total. The summed E-state index contributed by atoms with van der Waals surface area (Å²) in [6, 6.07) is 6.81. The number of aliphatic hydroxyl groups is 2. The van der Waals surface area contributed by atoms with Crippen LogP contribution in [0.15, 0.2) is 35.9 Å². The monoisotopic (exact) mass is 416 g/mol.